The Morgan fingerprint density at radius 1 is 1.18 bits per heavy atom. The van der Waals surface area contributed by atoms with Gasteiger partial charge in [0, 0.05) is 44.4 Å². The summed E-state index contributed by atoms with van der Waals surface area (Å²) < 4.78 is 11.7. The standard InChI is InChI=1S/C22H34N2O4/c1-16(2)23-11-8-19(9-12-23)28-21-13-18(6-7-20(21)27-3)22(26)24-10-4-5-17(14-24)15-25/h6-7,13,16-17,19,25H,4-5,8-12,14-15H2,1-3H3. The Balaban J connectivity index is 1.69. The van der Waals surface area contributed by atoms with Gasteiger partial charge in [0.1, 0.15) is 6.10 Å². The molecule has 1 N–H and O–H groups in total. The second-order valence-electron chi connectivity index (χ2n) is 8.25. The van der Waals surface area contributed by atoms with Crippen LogP contribution in [-0.4, -0.2) is 72.9 Å². The Morgan fingerprint density at radius 3 is 2.57 bits per heavy atom. The summed E-state index contributed by atoms with van der Waals surface area (Å²) in [5.41, 5.74) is 0.619. The molecule has 1 aromatic carbocycles. The van der Waals surface area contributed by atoms with Gasteiger partial charge in [0.25, 0.3) is 5.91 Å². The third-order valence-electron chi connectivity index (χ3n) is 5.98. The summed E-state index contributed by atoms with van der Waals surface area (Å²) in [6.45, 7) is 7.99. The fraction of sp³-hybridized carbons (Fsp3) is 0.682. The molecule has 2 aliphatic rings. The first kappa shape index (κ1) is 20.9. The van der Waals surface area contributed by atoms with Crippen LogP contribution < -0.4 is 9.47 Å². The van der Waals surface area contributed by atoms with Gasteiger partial charge in [-0.25, -0.2) is 0 Å². The quantitative estimate of drug-likeness (QED) is 0.809. The summed E-state index contributed by atoms with van der Waals surface area (Å²) >= 11 is 0. The second-order valence-corrected chi connectivity index (χ2v) is 8.25. The van der Waals surface area contributed by atoms with Gasteiger partial charge in [0.15, 0.2) is 11.5 Å². The lowest BCUT2D eigenvalue weighted by atomic mass is 9.98. The molecule has 1 atom stereocenters. The van der Waals surface area contributed by atoms with Gasteiger partial charge in [-0.15, -0.1) is 0 Å². The number of carbonyl (C=O) groups excluding carboxylic acids is 1. The minimum atomic E-state index is 0.000259. The van der Waals surface area contributed by atoms with Crippen molar-refractivity contribution in [1.82, 2.24) is 9.80 Å². The van der Waals surface area contributed by atoms with E-state index in [4.69, 9.17) is 9.47 Å². The molecule has 28 heavy (non-hydrogen) atoms. The molecule has 1 aromatic rings. The van der Waals surface area contributed by atoms with Crippen molar-refractivity contribution in [2.75, 3.05) is 39.9 Å². The molecule has 156 valence electrons. The number of hydrogen-bond donors (Lipinski definition) is 1. The third kappa shape index (κ3) is 4.97. The number of piperidine rings is 2. The molecule has 0 radical (unpaired) electrons. The van der Waals surface area contributed by atoms with Gasteiger partial charge in [0.2, 0.25) is 0 Å². The van der Waals surface area contributed by atoms with Crippen LogP contribution in [0.15, 0.2) is 18.2 Å². The number of methoxy groups -OCH3 is 1. The predicted molar refractivity (Wildman–Crippen MR) is 109 cm³/mol. The molecule has 2 fully saturated rings. The maximum Gasteiger partial charge on any atom is 0.254 e. The van der Waals surface area contributed by atoms with Crippen LogP contribution in [0.2, 0.25) is 0 Å². The Morgan fingerprint density at radius 2 is 1.93 bits per heavy atom. The van der Waals surface area contributed by atoms with Crippen molar-refractivity contribution in [2.24, 2.45) is 5.92 Å². The molecule has 2 aliphatic heterocycles. The van der Waals surface area contributed by atoms with Gasteiger partial charge in [-0.2, -0.15) is 0 Å². The number of hydrogen-bond acceptors (Lipinski definition) is 5. The minimum absolute atomic E-state index is 0.000259. The van der Waals surface area contributed by atoms with Gasteiger partial charge in [-0.3, -0.25) is 4.79 Å². The first-order valence-electron chi connectivity index (χ1n) is 10.5. The molecular formula is C22H34N2O4. The lowest BCUT2D eigenvalue weighted by molar-refractivity contribution is 0.0617. The van der Waals surface area contributed by atoms with Crippen molar-refractivity contribution in [3.63, 3.8) is 0 Å². The van der Waals surface area contributed by atoms with E-state index in [0.29, 0.717) is 29.6 Å². The lowest BCUT2D eigenvalue weighted by Crippen LogP contribution is -2.42. The zero-order valence-electron chi connectivity index (χ0n) is 17.4. The Labute approximate surface area is 168 Å². The van der Waals surface area contributed by atoms with Crippen LogP contribution in [0, 0.1) is 5.92 Å². The van der Waals surface area contributed by atoms with Crippen LogP contribution in [0.5, 0.6) is 11.5 Å². The topological polar surface area (TPSA) is 62.2 Å². The number of aliphatic hydroxyl groups excluding tert-OH is 1. The molecule has 2 heterocycles. The molecule has 0 saturated carbocycles. The van der Waals surface area contributed by atoms with E-state index in [-0.39, 0.29) is 24.5 Å². The molecule has 0 bridgehead atoms. The number of aliphatic hydroxyl groups is 1. The lowest BCUT2D eigenvalue weighted by Gasteiger charge is -2.35. The van der Waals surface area contributed by atoms with Crippen LogP contribution in [0.1, 0.15) is 49.9 Å². The molecule has 3 rings (SSSR count). The minimum Gasteiger partial charge on any atom is -0.493 e. The van der Waals surface area contributed by atoms with Crippen LogP contribution in [0.3, 0.4) is 0 Å². The molecule has 0 spiro atoms. The van der Waals surface area contributed by atoms with Gasteiger partial charge in [-0.1, -0.05) is 0 Å². The number of amides is 1. The van der Waals surface area contributed by atoms with Crippen molar-refractivity contribution < 1.29 is 19.4 Å². The number of benzene rings is 1. The van der Waals surface area contributed by atoms with Gasteiger partial charge < -0.3 is 24.4 Å². The van der Waals surface area contributed by atoms with E-state index in [1.54, 1.807) is 13.2 Å². The predicted octanol–water partition coefficient (Wildman–Crippen LogP) is 2.79. The van der Waals surface area contributed by atoms with Crippen LogP contribution in [0.4, 0.5) is 0 Å². The van der Waals surface area contributed by atoms with Gasteiger partial charge in [0.05, 0.1) is 7.11 Å². The molecule has 2 saturated heterocycles. The van der Waals surface area contributed by atoms with Crippen molar-refractivity contribution in [2.45, 2.75) is 51.7 Å². The zero-order valence-corrected chi connectivity index (χ0v) is 17.4. The van der Waals surface area contributed by atoms with Crippen LogP contribution in [-0.2, 0) is 0 Å². The van der Waals surface area contributed by atoms with Crippen LogP contribution in [0.25, 0.3) is 0 Å². The number of likely N-dealkylation sites (tertiary alicyclic amines) is 2. The van der Waals surface area contributed by atoms with Gasteiger partial charge >= 0.3 is 0 Å². The third-order valence-corrected chi connectivity index (χ3v) is 5.98. The highest BCUT2D eigenvalue weighted by atomic mass is 16.5. The zero-order chi connectivity index (χ0) is 20.1. The van der Waals surface area contributed by atoms with Crippen molar-refractivity contribution in [1.29, 1.82) is 0 Å². The number of carbonyl (C=O) groups is 1. The highest BCUT2D eigenvalue weighted by Gasteiger charge is 2.26. The first-order valence-corrected chi connectivity index (χ1v) is 10.5. The average Bonchev–Trinajstić information content (AvgIpc) is 2.73. The summed E-state index contributed by atoms with van der Waals surface area (Å²) in [6, 6.07) is 6.00. The normalized spacial score (nSPS) is 21.8. The van der Waals surface area contributed by atoms with Crippen molar-refractivity contribution in [3.05, 3.63) is 23.8 Å². The fourth-order valence-electron chi connectivity index (χ4n) is 4.17. The number of ether oxygens (including phenoxy) is 2. The fourth-order valence-corrected chi connectivity index (χ4v) is 4.17. The summed E-state index contributed by atoms with van der Waals surface area (Å²) in [4.78, 5) is 17.3. The van der Waals surface area contributed by atoms with E-state index in [2.05, 4.69) is 18.7 Å². The van der Waals surface area contributed by atoms with E-state index in [9.17, 15) is 9.90 Å². The van der Waals surface area contributed by atoms with E-state index >= 15 is 0 Å². The molecule has 0 aliphatic carbocycles. The monoisotopic (exact) mass is 390 g/mol. The molecule has 6 heteroatoms. The molecule has 0 aromatic heterocycles. The van der Waals surface area contributed by atoms with E-state index in [1.165, 1.54) is 0 Å². The number of nitrogens with zero attached hydrogens (tertiary/aromatic N) is 2. The first-order chi connectivity index (χ1) is 13.5. The smallest absolute Gasteiger partial charge is 0.254 e. The van der Waals surface area contributed by atoms with Crippen molar-refractivity contribution >= 4 is 5.91 Å². The molecule has 1 amide bonds. The highest BCUT2D eigenvalue weighted by Crippen LogP contribution is 2.32. The Hall–Kier alpha value is -1.79. The summed E-state index contributed by atoms with van der Waals surface area (Å²) in [6.07, 6.45) is 4.01. The van der Waals surface area contributed by atoms with E-state index in [0.717, 1.165) is 45.3 Å². The maximum atomic E-state index is 13.0. The number of rotatable bonds is 6. The van der Waals surface area contributed by atoms with Crippen LogP contribution >= 0.6 is 0 Å². The van der Waals surface area contributed by atoms with E-state index in [1.807, 2.05) is 17.0 Å². The summed E-state index contributed by atoms with van der Waals surface area (Å²) in [7, 11) is 1.63. The maximum absolute atomic E-state index is 13.0. The summed E-state index contributed by atoms with van der Waals surface area (Å²) in [5, 5.41) is 9.43. The highest BCUT2D eigenvalue weighted by molar-refractivity contribution is 5.95. The molecular weight excluding hydrogens is 356 g/mol. The Kier molecular flexibility index (Phi) is 7.18. The molecule has 1 unspecified atom stereocenters. The second kappa shape index (κ2) is 9.61. The SMILES string of the molecule is COc1ccc(C(=O)N2CCCC(CO)C2)cc1OC1CCN(C(C)C)CC1. The molecule has 6 nitrogen and oxygen atoms in total. The van der Waals surface area contributed by atoms with Crippen molar-refractivity contribution in [3.8, 4) is 11.5 Å². The van der Waals surface area contributed by atoms with Gasteiger partial charge in [-0.05, 0) is 63.6 Å². The average molecular weight is 391 g/mol. The van der Waals surface area contributed by atoms with E-state index < -0.39 is 0 Å². The summed E-state index contributed by atoms with van der Waals surface area (Å²) in [5.74, 6) is 1.49. The largest absolute Gasteiger partial charge is 0.493 e. The Bertz CT molecular complexity index is 656.